The highest BCUT2D eigenvalue weighted by Crippen LogP contribution is 2.36. The van der Waals surface area contributed by atoms with E-state index in [-0.39, 0.29) is 11.4 Å². The van der Waals surface area contributed by atoms with Crippen LogP contribution in [0.2, 0.25) is 0 Å². The van der Waals surface area contributed by atoms with Crippen LogP contribution in [0.1, 0.15) is 11.1 Å². The van der Waals surface area contributed by atoms with Gasteiger partial charge in [-0.2, -0.15) is 26.3 Å². The number of fused-ring (bicyclic) bond motifs is 3. The summed E-state index contributed by atoms with van der Waals surface area (Å²) in [6.07, 6.45) is -9.05. The number of aromatic nitrogens is 4. The number of hydrogen-bond donors (Lipinski definition) is 0. The van der Waals surface area contributed by atoms with E-state index in [1.165, 1.54) is 24.3 Å². The summed E-state index contributed by atoms with van der Waals surface area (Å²) in [7, 11) is 0. The minimum absolute atomic E-state index is 0.221. The Morgan fingerprint density at radius 2 is 0.737 bits per heavy atom. The van der Waals surface area contributed by atoms with E-state index in [1.807, 2.05) is 24.3 Å². The maximum atomic E-state index is 13.1. The van der Waals surface area contributed by atoms with Crippen LogP contribution in [0, 0.1) is 0 Å². The minimum atomic E-state index is -4.52. The maximum absolute atomic E-state index is 13.1. The highest BCUT2D eigenvalue weighted by atomic mass is 19.4. The molecule has 0 radical (unpaired) electrons. The molecule has 0 aliphatic heterocycles. The van der Waals surface area contributed by atoms with E-state index < -0.39 is 23.5 Å². The Balaban J connectivity index is 1.58. The van der Waals surface area contributed by atoms with Crippen molar-refractivity contribution in [2.24, 2.45) is 0 Å². The van der Waals surface area contributed by atoms with Crippen LogP contribution in [0.15, 0.2) is 84.9 Å². The molecule has 0 saturated heterocycles. The van der Waals surface area contributed by atoms with Crippen molar-refractivity contribution in [3.05, 3.63) is 96.1 Å². The Morgan fingerprint density at radius 1 is 0.395 bits per heavy atom. The third-order valence-electron chi connectivity index (χ3n) is 6.10. The van der Waals surface area contributed by atoms with Crippen molar-refractivity contribution in [3.8, 4) is 22.5 Å². The second-order valence-corrected chi connectivity index (χ2v) is 8.61. The molecule has 4 nitrogen and oxygen atoms in total. The number of alkyl halides is 6. The van der Waals surface area contributed by atoms with Gasteiger partial charge in [-0.05, 0) is 48.5 Å². The molecule has 188 valence electrons. The molecule has 0 unspecified atom stereocenters. The zero-order valence-electron chi connectivity index (χ0n) is 19.1. The summed E-state index contributed by atoms with van der Waals surface area (Å²) in [4.78, 5) is 18.6. The molecule has 0 amide bonds. The molecule has 0 N–H and O–H groups in total. The van der Waals surface area contributed by atoms with E-state index in [4.69, 9.17) is 0 Å². The number of benzene rings is 4. The molecule has 2 heterocycles. The minimum Gasteiger partial charge on any atom is -0.244 e. The number of rotatable bonds is 2. The number of para-hydroxylation sites is 2. The van der Waals surface area contributed by atoms with E-state index >= 15 is 0 Å². The van der Waals surface area contributed by atoms with Gasteiger partial charge in [-0.25, -0.2) is 19.9 Å². The lowest BCUT2D eigenvalue weighted by atomic mass is 10.0. The van der Waals surface area contributed by atoms with Crippen LogP contribution in [0.25, 0.3) is 55.6 Å². The molecular weight excluding hydrogens is 506 g/mol. The fraction of sp³-hybridized carbons (Fsp3) is 0.0714. The second-order valence-electron chi connectivity index (χ2n) is 8.61. The monoisotopic (exact) mass is 520 g/mol. The summed E-state index contributed by atoms with van der Waals surface area (Å²) in [6, 6.07) is 19.4. The fourth-order valence-corrected chi connectivity index (χ4v) is 4.21. The van der Waals surface area contributed by atoms with Crippen molar-refractivity contribution in [3.63, 3.8) is 0 Å². The van der Waals surface area contributed by atoms with Crippen LogP contribution in [-0.4, -0.2) is 19.9 Å². The van der Waals surface area contributed by atoms with Gasteiger partial charge in [0, 0.05) is 11.1 Å². The first-order valence-corrected chi connectivity index (χ1v) is 11.3. The standard InChI is InChI=1S/C28H14F6N4/c29-27(30,31)17-9-5-15(6-10-17)25-26(16-7-11-18(12-8-16)28(32,33)34)38-24-14-22-21(13-23(24)37-25)35-19-3-1-2-4-20(19)36-22/h1-14H. The molecule has 6 rings (SSSR count). The summed E-state index contributed by atoms with van der Waals surface area (Å²) >= 11 is 0. The number of halogens is 6. The first-order valence-electron chi connectivity index (χ1n) is 11.3. The molecule has 0 fully saturated rings. The van der Waals surface area contributed by atoms with Crippen LogP contribution in [0.4, 0.5) is 26.3 Å². The zero-order valence-corrected chi connectivity index (χ0v) is 19.1. The molecule has 2 aromatic heterocycles. The van der Waals surface area contributed by atoms with Gasteiger partial charge in [0.15, 0.2) is 0 Å². The number of hydrogen-bond acceptors (Lipinski definition) is 4. The summed E-state index contributed by atoms with van der Waals surface area (Å²) in [5.41, 5.74) is 2.70. The van der Waals surface area contributed by atoms with E-state index in [0.29, 0.717) is 44.2 Å². The predicted octanol–water partition coefficient (Wildman–Crippen LogP) is 8.10. The van der Waals surface area contributed by atoms with Gasteiger partial charge >= 0.3 is 12.4 Å². The van der Waals surface area contributed by atoms with Crippen LogP contribution < -0.4 is 0 Å². The van der Waals surface area contributed by atoms with Crippen molar-refractivity contribution in [2.45, 2.75) is 12.4 Å². The van der Waals surface area contributed by atoms with Gasteiger partial charge in [0.2, 0.25) is 0 Å². The molecule has 0 aliphatic carbocycles. The van der Waals surface area contributed by atoms with Gasteiger partial charge < -0.3 is 0 Å². The second kappa shape index (κ2) is 8.47. The van der Waals surface area contributed by atoms with Crippen molar-refractivity contribution in [2.75, 3.05) is 0 Å². The topological polar surface area (TPSA) is 51.6 Å². The van der Waals surface area contributed by atoms with E-state index in [1.54, 1.807) is 12.1 Å². The van der Waals surface area contributed by atoms with Gasteiger partial charge in [-0.3, -0.25) is 0 Å². The molecule has 0 saturated carbocycles. The summed E-state index contributed by atoms with van der Waals surface area (Å²) in [6.45, 7) is 0. The smallest absolute Gasteiger partial charge is 0.244 e. The Kier molecular flexibility index (Phi) is 5.30. The average Bonchev–Trinajstić information content (AvgIpc) is 2.89. The SMILES string of the molecule is FC(F)(F)c1ccc(-c2nc3cc4nc5ccccc5nc4cc3nc2-c2ccc(C(F)(F)F)cc2)cc1. The Morgan fingerprint density at radius 3 is 1.08 bits per heavy atom. The predicted molar refractivity (Wildman–Crippen MR) is 131 cm³/mol. The van der Waals surface area contributed by atoms with Crippen LogP contribution in [0.5, 0.6) is 0 Å². The molecule has 0 spiro atoms. The van der Waals surface area contributed by atoms with Crippen LogP contribution in [0.3, 0.4) is 0 Å². The van der Waals surface area contributed by atoms with E-state index in [0.717, 1.165) is 24.3 Å². The average molecular weight is 520 g/mol. The summed E-state index contributed by atoms with van der Waals surface area (Å²) < 4.78 is 78.8. The molecule has 0 atom stereocenters. The first-order chi connectivity index (χ1) is 18.1. The van der Waals surface area contributed by atoms with Crippen LogP contribution >= 0.6 is 0 Å². The van der Waals surface area contributed by atoms with Gasteiger partial charge in [0.25, 0.3) is 0 Å². The highest BCUT2D eigenvalue weighted by molar-refractivity contribution is 5.96. The molecule has 4 aromatic carbocycles. The normalized spacial score (nSPS) is 12.5. The Labute approximate surface area is 210 Å². The summed E-state index contributed by atoms with van der Waals surface area (Å²) in [5.74, 6) is 0. The third kappa shape index (κ3) is 4.27. The maximum Gasteiger partial charge on any atom is 0.416 e. The van der Waals surface area contributed by atoms with Crippen molar-refractivity contribution >= 4 is 33.1 Å². The van der Waals surface area contributed by atoms with E-state index in [2.05, 4.69) is 19.9 Å². The van der Waals surface area contributed by atoms with Gasteiger partial charge in [-0.1, -0.05) is 36.4 Å². The highest BCUT2D eigenvalue weighted by Gasteiger charge is 2.31. The van der Waals surface area contributed by atoms with Crippen molar-refractivity contribution < 1.29 is 26.3 Å². The lowest BCUT2D eigenvalue weighted by Gasteiger charge is -2.13. The first kappa shape index (κ1) is 23.8. The molecule has 38 heavy (non-hydrogen) atoms. The molecule has 0 bridgehead atoms. The Hall–Kier alpha value is -4.60. The molecule has 10 heteroatoms. The fourth-order valence-electron chi connectivity index (χ4n) is 4.21. The van der Waals surface area contributed by atoms with Crippen molar-refractivity contribution in [1.29, 1.82) is 0 Å². The van der Waals surface area contributed by atoms with Gasteiger partial charge in [0.05, 0.1) is 55.6 Å². The quantitative estimate of drug-likeness (QED) is 0.171. The lowest BCUT2D eigenvalue weighted by Crippen LogP contribution is -2.05. The van der Waals surface area contributed by atoms with Crippen molar-refractivity contribution in [1.82, 2.24) is 19.9 Å². The van der Waals surface area contributed by atoms with Gasteiger partial charge in [0.1, 0.15) is 0 Å². The van der Waals surface area contributed by atoms with Crippen LogP contribution in [-0.2, 0) is 12.4 Å². The third-order valence-corrected chi connectivity index (χ3v) is 6.10. The summed E-state index contributed by atoms with van der Waals surface area (Å²) in [5, 5.41) is 0. The Bertz CT molecular complexity index is 1690. The van der Waals surface area contributed by atoms with E-state index in [9.17, 15) is 26.3 Å². The molecular formula is C28H14F6N4. The largest absolute Gasteiger partial charge is 0.416 e. The number of nitrogens with zero attached hydrogens (tertiary/aromatic N) is 4. The molecule has 0 aliphatic rings. The lowest BCUT2D eigenvalue weighted by molar-refractivity contribution is -0.138. The molecule has 6 aromatic rings. The van der Waals surface area contributed by atoms with Gasteiger partial charge in [-0.15, -0.1) is 0 Å². The zero-order chi connectivity index (χ0) is 26.7.